The van der Waals surface area contributed by atoms with Gasteiger partial charge in [0.25, 0.3) is 5.56 Å². The number of methoxy groups -OCH3 is 1. The fraction of sp³-hybridized carbons (Fsp3) is 0.375. The summed E-state index contributed by atoms with van der Waals surface area (Å²) in [6.45, 7) is 3.63. The van der Waals surface area contributed by atoms with Gasteiger partial charge in [0, 0.05) is 25.2 Å². The maximum absolute atomic E-state index is 11.9. The predicted octanol–water partition coefficient (Wildman–Crippen LogP) is 1.06. The number of rotatable bonds is 3. The average molecular weight is 317 g/mol. The molecule has 1 aliphatic heterocycles. The molecule has 3 N–H and O–H groups in total. The van der Waals surface area contributed by atoms with E-state index < -0.39 is 0 Å². The third-order valence-electron chi connectivity index (χ3n) is 4.01. The van der Waals surface area contributed by atoms with Crippen molar-refractivity contribution in [2.75, 3.05) is 13.7 Å². The van der Waals surface area contributed by atoms with Crippen molar-refractivity contribution in [3.8, 4) is 17.2 Å². The molecule has 1 aromatic heterocycles. The highest BCUT2D eigenvalue weighted by atomic mass is 16.5. The highest BCUT2D eigenvalue weighted by molar-refractivity contribution is 5.51. The first-order chi connectivity index (χ1) is 11.0. The van der Waals surface area contributed by atoms with Crippen LogP contribution in [0.3, 0.4) is 0 Å². The first-order valence-corrected chi connectivity index (χ1v) is 7.37. The van der Waals surface area contributed by atoms with E-state index in [-0.39, 0.29) is 22.8 Å². The summed E-state index contributed by atoms with van der Waals surface area (Å²) in [4.78, 5) is 21.2. The zero-order chi connectivity index (χ0) is 16.6. The third-order valence-corrected chi connectivity index (χ3v) is 4.01. The SMILES string of the molecule is COc1cc(CN2CCc3c(nc(C)[nH]c3=O)C2)cc(O)c1O. The number of aromatic hydroxyl groups is 2. The Morgan fingerprint density at radius 3 is 2.91 bits per heavy atom. The van der Waals surface area contributed by atoms with E-state index in [1.165, 1.54) is 13.2 Å². The Hall–Kier alpha value is -2.54. The van der Waals surface area contributed by atoms with E-state index in [0.29, 0.717) is 25.3 Å². The van der Waals surface area contributed by atoms with Gasteiger partial charge in [-0.25, -0.2) is 4.98 Å². The smallest absolute Gasteiger partial charge is 0.254 e. The van der Waals surface area contributed by atoms with Crippen molar-refractivity contribution in [3.05, 3.63) is 45.1 Å². The quantitative estimate of drug-likeness (QED) is 0.732. The molecule has 2 heterocycles. The van der Waals surface area contributed by atoms with Crippen molar-refractivity contribution in [1.29, 1.82) is 0 Å². The molecule has 7 nitrogen and oxygen atoms in total. The molecule has 23 heavy (non-hydrogen) atoms. The molecule has 0 saturated carbocycles. The lowest BCUT2D eigenvalue weighted by Gasteiger charge is -2.27. The van der Waals surface area contributed by atoms with E-state index in [2.05, 4.69) is 14.9 Å². The lowest BCUT2D eigenvalue weighted by Crippen LogP contribution is -2.35. The molecule has 0 amide bonds. The van der Waals surface area contributed by atoms with Crippen molar-refractivity contribution >= 4 is 0 Å². The minimum absolute atomic E-state index is 0.0592. The fourth-order valence-corrected chi connectivity index (χ4v) is 2.91. The van der Waals surface area contributed by atoms with Crippen molar-refractivity contribution in [1.82, 2.24) is 14.9 Å². The second-order valence-electron chi connectivity index (χ2n) is 5.70. The number of H-pyrrole nitrogens is 1. The highest BCUT2D eigenvalue weighted by Gasteiger charge is 2.21. The van der Waals surface area contributed by atoms with E-state index in [1.54, 1.807) is 13.0 Å². The molecule has 0 bridgehead atoms. The van der Waals surface area contributed by atoms with Crippen molar-refractivity contribution in [2.24, 2.45) is 0 Å². The van der Waals surface area contributed by atoms with Crippen LogP contribution in [0.15, 0.2) is 16.9 Å². The second-order valence-corrected chi connectivity index (χ2v) is 5.70. The highest BCUT2D eigenvalue weighted by Crippen LogP contribution is 2.36. The molecule has 0 radical (unpaired) electrons. The Bertz CT molecular complexity index is 801. The molecule has 0 saturated heterocycles. The molecule has 1 aromatic carbocycles. The van der Waals surface area contributed by atoms with Crippen LogP contribution in [0, 0.1) is 6.92 Å². The summed E-state index contributed by atoms with van der Waals surface area (Å²) in [6, 6.07) is 3.21. The lowest BCUT2D eigenvalue weighted by molar-refractivity contribution is 0.239. The molecule has 0 atom stereocenters. The minimum Gasteiger partial charge on any atom is -0.504 e. The first-order valence-electron chi connectivity index (χ1n) is 7.37. The lowest BCUT2D eigenvalue weighted by atomic mass is 10.1. The van der Waals surface area contributed by atoms with E-state index in [1.807, 2.05) is 0 Å². The monoisotopic (exact) mass is 317 g/mol. The van der Waals surface area contributed by atoms with Crippen LogP contribution in [0.2, 0.25) is 0 Å². The number of phenols is 2. The number of hydrogen-bond donors (Lipinski definition) is 3. The summed E-state index contributed by atoms with van der Waals surface area (Å²) >= 11 is 0. The largest absolute Gasteiger partial charge is 0.504 e. The van der Waals surface area contributed by atoms with E-state index >= 15 is 0 Å². The summed E-state index contributed by atoms with van der Waals surface area (Å²) in [7, 11) is 1.44. The number of ether oxygens (including phenoxy) is 1. The third kappa shape index (κ3) is 3.00. The Morgan fingerprint density at radius 1 is 1.39 bits per heavy atom. The Morgan fingerprint density at radius 2 is 2.17 bits per heavy atom. The zero-order valence-electron chi connectivity index (χ0n) is 13.1. The number of benzene rings is 1. The molecule has 0 spiro atoms. The van der Waals surface area contributed by atoms with Gasteiger partial charge in [0.05, 0.1) is 12.8 Å². The predicted molar refractivity (Wildman–Crippen MR) is 83.7 cm³/mol. The molecule has 0 fully saturated rings. The van der Waals surface area contributed by atoms with Crippen LogP contribution < -0.4 is 10.3 Å². The van der Waals surface area contributed by atoms with Crippen LogP contribution in [0.4, 0.5) is 0 Å². The summed E-state index contributed by atoms with van der Waals surface area (Å²) < 4.78 is 5.06. The molecule has 0 aliphatic carbocycles. The van der Waals surface area contributed by atoms with Gasteiger partial charge in [0.15, 0.2) is 11.5 Å². The maximum Gasteiger partial charge on any atom is 0.254 e. The maximum atomic E-state index is 11.9. The Labute approximate surface area is 133 Å². The normalized spacial score (nSPS) is 14.5. The number of nitrogens with zero attached hydrogens (tertiary/aromatic N) is 2. The number of aromatic nitrogens is 2. The minimum atomic E-state index is -0.260. The summed E-state index contributed by atoms with van der Waals surface area (Å²) in [5, 5.41) is 19.4. The van der Waals surface area contributed by atoms with Gasteiger partial charge < -0.3 is 19.9 Å². The zero-order valence-corrected chi connectivity index (χ0v) is 13.1. The van der Waals surface area contributed by atoms with E-state index in [0.717, 1.165) is 23.4 Å². The van der Waals surface area contributed by atoms with E-state index in [9.17, 15) is 15.0 Å². The standard InChI is InChI=1S/C16H19N3O4/c1-9-17-12-8-19(4-3-11(12)16(22)18-9)7-10-5-13(20)15(21)14(6-10)23-2/h5-6,20-21H,3-4,7-8H2,1-2H3,(H,17,18,22). The molecule has 7 heteroatoms. The molecular weight excluding hydrogens is 298 g/mol. The molecule has 3 rings (SSSR count). The number of aryl methyl sites for hydroxylation is 1. The van der Waals surface area contributed by atoms with Crippen LogP contribution >= 0.6 is 0 Å². The number of hydrogen-bond acceptors (Lipinski definition) is 6. The molecule has 122 valence electrons. The van der Waals surface area contributed by atoms with Crippen LogP contribution in [0.1, 0.15) is 22.6 Å². The summed E-state index contributed by atoms with van der Waals surface area (Å²) in [5.74, 6) is 0.383. The molecule has 2 aromatic rings. The van der Waals surface area contributed by atoms with Crippen LogP contribution in [-0.4, -0.2) is 38.7 Å². The van der Waals surface area contributed by atoms with Crippen molar-refractivity contribution in [3.63, 3.8) is 0 Å². The number of nitrogens with one attached hydrogen (secondary N) is 1. The summed E-state index contributed by atoms with van der Waals surface area (Å²) in [6.07, 6.45) is 0.638. The molecular formula is C16H19N3O4. The van der Waals surface area contributed by atoms with Gasteiger partial charge in [0.1, 0.15) is 5.82 Å². The van der Waals surface area contributed by atoms with E-state index in [4.69, 9.17) is 4.74 Å². The summed E-state index contributed by atoms with van der Waals surface area (Å²) in [5.41, 5.74) is 2.31. The second kappa shape index (κ2) is 5.92. The van der Waals surface area contributed by atoms with Gasteiger partial charge in [-0.2, -0.15) is 0 Å². The van der Waals surface area contributed by atoms with Gasteiger partial charge in [-0.1, -0.05) is 0 Å². The van der Waals surface area contributed by atoms with Gasteiger partial charge in [-0.15, -0.1) is 0 Å². The fourth-order valence-electron chi connectivity index (χ4n) is 2.91. The van der Waals surface area contributed by atoms with Gasteiger partial charge >= 0.3 is 0 Å². The average Bonchev–Trinajstić information content (AvgIpc) is 2.50. The first kappa shape index (κ1) is 15.4. The molecule has 0 unspecified atom stereocenters. The van der Waals surface area contributed by atoms with Gasteiger partial charge in [-0.05, 0) is 31.0 Å². The van der Waals surface area contributed by atoms with Crippen molar-refractivity contribution < 1.29 is 14.9 Å². The number of aromatic amines is 1. The van der Waals surface area contributed by atoms with Gasteiger partial charge in [-0.3, -0.25) is 9.69 Å². The topological polar surface area (TPSA) is 98.7 Å². The Kier molecular flexibility index (Phi) is 3.96. The number of fused-ring (bicyclic) bond motifs is 1. The van der Waals surface area contributed by atoms with Crippen LogP contribution in [-0.2, 0) is 19.5 Å². The van der Waals surface area contributed by atoms with Gasteiger partial charge in [0.2, 0.25) is 5.75 Å². The van der Waals surface area contributed by atoms with Crippen molar-refractivity contribution in [2.45, 2.75) is 26.4 Å². The van der Waals surface area contributed by atoms with Crippen LogP contribution in [0.5, 0.6) is 17.2 Å². The molecule has 1 aliphatic rings. The number of phenolic OH excluding ortho intramolecular Hbond substituents is 2. The Balaban J connectivity index is 1.83. The van der Waals surface area contributed by atoms with Crippen LogP contribution in [0.25, 0.3) is 0 Å².